The summed E-state index contributed by atoms with van der Waals surface area (Å²) in [6, 6.07) is 4.24. The van der Waals surface area contributed by atoms with E-state index in [4.69, 9.17) is 0 Å². The number of aryl methyl sites for hydroxylation is 1. The van der Waals surface area contributed by atoms with Crippen molar-refractivity contribution in [1.82, 2.24) is 0 Å². The number of ketones is 1. The SMILES string of the molecule is Cc1ccc(C(=O)C(O)C(C)C)cc1F. The Kier molecular flexibility index (Phi) is 3.58. The highest BCUT2D eigenvalue weighted by Gasteiger charge is 2.20. The van der Waals surface area contributed by atoms with Gasteiger partial charge in [-0.15, -0.1) is 0 Å². The fourth-order valence-electron chi connectivity index (χ4n) is 1.22. The molecule has 0 bridgehead atoms. The van der Waals surface area contributed by atoms with Crippen LogP contribution in [0.4, 0.5) is 4.39 Å². The third-order valence-corrected chi connectivity index (χ3v) is 2.36. The summed E-state index contributed by atoms with van der Waals surface area (Å²) >= 11 is 0. The smallest absolute Gasteiger partial charge is 0.191 e. The van der Waals surface area contributed by atoms with Crippen LogP contribution in [0.1, 0.15) is 29.8 Å². The molecule has 15 heavy (non-hydrogen) atoms. The number of rotatable bonds is 3. The first kappa shape index (κ1) is 11.9. The van der Waals surface area contributed by atoms with Crippen LogP contribution < -0.4 is 0 Å². The van der Waals surface area contributed by atoms with Crippen LogP contribution in [-0.4, -0.2) is 17.0 Å². The van der Waals surface area contributed by atoms with E-state index in [0.29, 0.717) is 5.56 Å². The second kappa shape index (κ2) is 4.53. The van der Waals surface area contributed by atoms with Crippen LogP contribution in [0.3, 0.4) is 0 Å². The van der Waals surface area contributed by atoms with Crippen LogP contribution in [0.15, 0.2) is 18.2 Å². The van der Waals surface area contributed by atoms with Crippen molar-refractivity contribution in [3.63, 3.8) is 0 Å². The summed E-state index contributed by atoms with van der Waals surface area (Å²) in [5.41, 5.74) is 0.713. The van der Waals surface area contributed by atoms with Crippen LogP contribution >= 0.6 is 0 Å². The third-order valence-electron chi connectivity index (χ3n) is 2.36. The molecule has 0 aliphatic rings. The molecule has 0 radical (unpaired) electrons. The molecule has 0 fully saturated rings. The number of benzene rings is 1. The van der Waals surface area contributed by atoms with Crippen molar-refractivity contribution in [2.24, 2.45) is 5.92 Å². The standard InChI is InChI=1S/C12H15FO2/c1-7(2)11(14)12(15)9-5-4-8(3)10(13)6-9/h4-7,11,14H,1-3H3. The predicted octanol–water partition coefficient (Wildman–Crippen LogP) is 2.33. The van der Waals surface area contributed by atoms with Crippen LogP contribution in [0.2, 0.25) is 0 Å². The topological polar surface area (TPSA) is 37.3 Å². The van der Waals surface area contributed by atoms with Gasteiger partial charge in [-0.05, 0) is 24.5 Å². The Morgan fingerprint density at radius 2 is 2.00 bits per heavy atom. The van der Waals surface area contributed by atoms with E-state index in [1.54, 1.807) is 20.8 Å². The molecule has 0 aromatic heterocycles. The van der Waals surface area contributed by atoms with Crippen LogP contribution in [0, 0.1) is 18.7 Å². The minimum Gasteiger partial charge on any atom is -0.385 e. The molecule has 0 saturated carbocycles. The molecule has 1 atom stereocenters. The van der Waals surface area contributed by atoms with Gasteiger partial charge in [0.05, 0.1) is 0 Å². The van der Waals surface area contributed by atoms with Gasteiger partial charge in [-0.3, -0.25) is 4.79 Å². The lowest BCUT2D eigenvalue weighted by molar-refractivity contribution is 0.0647. The van der Waals surface area contributed by atoms with Crippen LogP contribution in [0.25, 0.3) is 0 Å². The van der Waals surface area contributed by atoms with Gasteiger partial charge >= 0.3 is 0 Å². The molecule has 0 heterocycles. The molecule has 0 aliphatic heterocycles. The van der Waals surface area contributed by atoms with Crippen molar-refractivity contribution in [2.75, 3.05) is 0 Å². The van der Waals surface area contributed by atoms with Gasteiger partial charge in [-0.25, -0.2) is 4.39 Å². The summed E-state index contributed by atoms with van der Waals surface area (Å²) in [4.78, 5) is 11.6. The maximum absolute atomic E-state index is 13.2. The molecule has 2 nitrogen and oxygen atoms in total. The van der Waals surface area contributed by atoms with Gasteiger partial charge < -0.3 is 5.11 Å². The number of Topliss-reactive ketones (excluding diaryl/α,β-unsaturated/α-hetero) is 1. The Labute approximate surface area is 88.7 Å². The Bertz CT molecular complexity index is 372. The third kappa shape index (κ3) is 2.63. The summed E-state index contributed by atoms with van der Waals surface area (Å²) in [5, 5.41) is 9.54. The van der Waals surface area contributed by atoms with Crippen molar-refractivity contribution in [2.45, 2.75) is 26.9 Å². The van der Waals surface area contributed by atoms with Crippen molar-refractivity contribution in [3.05, 3.63) is 35.1 Å². The summed E-state index contributed by atoms with van der Waals surface area (Å²) in [5.74, 6) is -1.01. The number of aliphatic hydroxyl groups excluding tert-OH is 1. The van der Waals surface area contributed by atoms with Gasteiger partial charge in [0.2, 0.25) is 0 Å². The molecule has 1 rings (SSSR count). The van der Waals surface area contributed by atoms with E-state index in [9.17, 15) is 14.3 Å². The molecular formula is C12H15FO2. The largest absolute Gasteiger partial charge is 0.385 e. The number of hydrogen-bond acceptors (Lipinski definition) is 2. The molecule has 0 amide bonds. The molecule has 1 aromatic carbocycles. The maximum Gasteiger partial charge on any atom is 0.191 e. The monoisotopic (exact) mass is 210 g/mol. The highest BCUT2D eigenvalue weighted by molar-refractivity contribution is 5.99. The fourth-order valence-corrected chi connectivity index (χ4v) is 1.22. The first-order valence-corrected chi connectivity index (χ1v) is 4.92. The average Bonchev–Trinajstić information content (AvgIpc) is 2.19. The zero-order valence-corrected chi connectivity index (χ0v) is 9.12. The average molecular weight is 210 g/mol. The molecule has 1 N–H and O–H groups in total. The van der Waals surface area contributed by atoms with Gasteiger partial charge in [-0.1, -0.05) is 26.0 Å². The quantitative estimate of drug-likeness (QED) is 0.777. The summed E-state index contributed by atoms with van der Waals surface area (Å²) in [6.45, 7) is 5.11. The van der Waals surface area contributed by atoms with E-state index in [1.807, 2.05) is 0 Å². The van der Waals surface area contributed by atoms with Crippen molar-refractivity contribution in [1.29, 1.82) is 0 Å². The molecule has 0 spiro atoms. The van der Waals surface area contributed by atoms with E-state index in [2.05, 4.69) is 0 Å². The van der Waals surface area contributed by atoms with E-state index in [-0.39, 0.29) is 11.5 Å². The zero-order valence-electron chi connectivity index (χ0n) is 9.12. The van der Waals surface area contributed by atoms with Gasteiger partial charge in [0.1, 0.15) is 11.9 Å². The second-order valence-electron chi connectivity index (χ2n) is 4.02. The number of carbonyl (C=O) groups is 1. The highest BCUT2D eigenvalue weighted by atomic mass is 19.1. The van der Waals surface area contributed by atoms with E-state index in [1.165, 1.54) is 18.2 Å². The number of hydrogen-bond donors (Lipinski definition) is 1. The summed E-state index contributed by atoms with van der Waals surface area (Å²) in [7, 11) is 0. The molecule has 3 heteroatoms. The first-order chi connectivity index (χ1) is 6.93. The van der Waals surface area contributed by atoms with Gasteiger partial charge in [0, 0.05) is 5.56 Å². The van der Waals surface area contributed by atoms with Gasteiger partial charge in [-0.2, -0.15) is 0 Å². The van der Waals surface area contributed by atoms with E-state index >= 15 is 0 Å². The number of halogens is 1. The van der Waals surface area contributed by atoms with Crippen molar-refractivity contribution < 1.29 is 14.3 Å². The van der Waals surface area contributed by atoms with Crippen molar-refractivity contribution >= 4 is 5.78 Å². The molecule has 1 unspecified atom stereocenters. The second-order valence-corrected chi connectivity index (χ2v) is 4.02. The molecule has 0 saturated heterocycles. The van der Waals surface area contributed by atoms with Crippen LogP contribution in [-0.2, 0) is 0 Å². The Morgan fingerprint density at radius 3 is 2.47 bits per heavy atom. The Hall–Kier alpha value is -1.22. The minimum atomic E-state index is -1.06. The lowest BCUT2D eigenvalue weighted by atomic mass is 9.97. The minimum absolute atomic E-state index is 0.165. The summed E-state index contributed by atoms with van der Waals surface area (Å²) < 4.78 is 13.2. The summed E-state index contributed by atoms with van der Waals surface area (Å²) in [6.07, 6.45) is -1.06. The number of carbonyl (C=O) groups excluding carboxylic acids is 1. The Morgan fingerprint density at radius 1 is 1.40 bits per heavy atom. The fraction of sp³-hybridized carbons (Fsp3) is 0.417. The Balaban J connectivity index is 2.97. The molecule has 0 aliphatic carbocycles. The molecule has 1 aromatic rings. The lowest BCUT2D eigenvalue weighted by Crippen LogP contribution is -2.26. The van der Waals surface area contributed by atoms with Gasteiger partial charge in [0.25, 0.3) is 0 Å². The maximum atomic E-state index is 13.2. The lowest BCUT2D eigenvalue weighted by Gasteiger charge is -2.13. The zero-order chi connectivity index (χ0) is 11.6. The van der Waals surface area contributed by atoms with E-state index in [0.717, 1.165) is 0 Å². The van der Waals surface area contributed by atoms with Crippen molar-refractivity contribution in [3.8, 4) is 0 Å². The normalized spacial score (nSPS) is 12.9. The van der Waals surface area contributed by atoms with E-state index < -0.39 is 17.7 Å². The van der Waals surface area contributed by atoms with Crippen LogP contribution in [0.5, 0.6) is 0 Å². The molecular weight excluding hydrogens is 195 g/mol. The molecule has 82 valence electrons. The van der Waals surface area contributed by atoms with Gasteiger partial charge in [0.15, 0.2) is 5.78 Å². The number of aliphatic hydroxyl groups is 1. The first-order valence-electron chi connectivity index (χ1n) is 4.92. The highest BCUT2D eigenvalue weighted by Crippen LogP contribution is 2.14. The predicted molar refractivity (Wildman–Crippen MR) is 56.3 cm³/mol.